The van der Waals surface area contributed by atoms with Crippen LogP contribution >= 0.6 is 11.3 Å². The molecule has 4 nitrogen and oxygen atoms in total. The molecule has 1 aromatic heterocycles. The number of sulfonamides is 1. The Labute approximate surface area is 128 Å². The topological polar surface area (TPSA) is 49.4 Å². The summed E-state index contributed by atoms with van der Waals surface area (Å²) in [6, 6.07) is 7.45. The Morgan fingerprint density at radius 2 is 2.05 bits per heavy atom. The minimum absolute atomic E-state index is 0.0409. The predicted molar refractivity (Wildman–Crippen MR) is 83.7 cm³/mol. The normalized spacial score (nSPS) is 11.6. The third kappa shape index (κ3) is 3.42. The number of halogens is 1. The van der Waals surface area contributed by atoms with Crippen molar-refractivity contribution in [2.45, 2.75) is 17.7 Å². The Morgan fingerprint density at radius 1 is 1.33 bits per heavy atom. The van der Waals surface area contributed by atoms with E-state index >= 15 is 0 Å². The van der Waals surface area contributed by atoms with Crippen LogP contribution in [-0.4, -0.2) is 22.0 Å². The highest BCUT2D eigenvalue weighted by molar-refractivity contribution is 7.94. The van der Waals surface area contributed by atoms with Gasteiger partial charge in [0.25, 0.3) is 10.0 Å². The summed E-state index contributed by atoms with van der Waals surface area (Å²) >= 11 is 1.14. The van der Waals surface area contributed by atoms with Crippen LogP contribution in [0, 0.1) is 5.82 Å². The van der Waals surface area contributed by atoms with Crippen molar-refractivity contribution in [3.8, 4) is 0 Å². The van der Waals surface area contributed by atoms with E-state index in [2.05, 4.69) is 5.32 Å². The SMILES string of the molecule is CCNCc1csc(S(=O)(=O)N(C)c2ccccc2F)c1. The van der Waals surface area contributed by atoms with Gasteiger partial charge < -0.3 is 5.32 Å². The molecule has 0 aliphatic rings. The molecule has 1 N–H and O–H groups in total. The third-order valence-corrected chi connectivity index (χ3v) is 6.25. The number of hydrogen-bond donors (Lipinski definition) is 1. The van der Waals surface area contributed by atoms with E-state index in [1.54, 1.807) is 17.5 Å². The molecule has 0 aliphatic heterocycles. The number of thiophene rings is 1. The van der Waals surface area contributed by atoms with Gasteiger partial charge in [-0.2, -0.15) is 0 Å². The number of para-hydroxylation sites is 1. The molecule has 0 radical (unpaired) electrons. The molecule has 0 bridgehead atoms. The third-order valence-electron chi connectivity index (χ3n) is 3.02. The Hall–Kier alpha value is -1.44. The lowest BCUT2D eigenvalue weighted by Crippen LogP contribution is -2.26. The van der Waals surface area contributed by atoms with E-state index in [1.165, 1.54) is 25.2 Å². The fourth-order valence-electron chi connectivity index (χ4n) is 1.82. The molecular formula is C14H17FN2O2S2. The van der Waals surface area contributed by atoms with Gasteiger partial charge in [-0.1, -0.05) is 19.1 Å². The Bertz CT molecular complexity index is 713. The maximum absolute atomic E-state index is 13.7. The van der Waals surface area contributed by atoms with E-state index < -0.39 is 15.8 Å². The van der Waals surface area contributed by atoms with Crippen LogP contribution < -0.4 is 9.62 Å². The van der Waals surface area contributed by atoms with Gasteiger partial charge in [0.15, 0.2) is 0 Å². The standard InChI is InChI=1S/C14H17FN2O2S2/c1-3-16-9-11-8-14(20-10-11)21(18,19)17(2)13-7-5-4-6-12(13)15/h4-8,10,16H,3,9H2,1-2H3. The molecule has 0 fully saturated rings. The van der Waals surface area contributed by atoms with Crippen molar-refractivity contribution in [3.05, 3.63) is 47.1 Å². The van der Waals surface area contributed by atoms with Crippen molar-refractivity contribution in [2.24, 2.45) is 0 Å². The van der Waals surface area contributed by atoms with Crippen molar-refractivity contribution in [1.29, 1.82) is 0 Å². The van der Waals surface area contributed by atoms with Crippen molar-refractivity contribution in [3.63, 3.8) is 0 Å². The number of rotatable bonds is 6. The molecule has 2 rings (SSSR count). The molecule has 2 aromatic rings. The van der Waals surface area contributed by atoms with Crippen LogP contribution in [0.4, 0.5) is 10.1 Å². The van der Waals surface area contributed by atoms with E-state index in [1.807, 2.05) is 6.92 Å². The van der Waals surface area contributed by atoms with E-state index in [0.29, 0.717) is 6.54 Å². The number of hydrogen-bond acceptors (Lipinski definition) is 4. The first-order valence-electron chi connectivity index (χ1n) is 6.48. The zero-order valence-corrected chi connectivity index (χ0v) is 13.5. The highest BCUT2D eigenvalue weighted by Gasteiger charge is 2.25. The molecule has 0 spiro atoms. The van der Waals surface area contributed by atoms with Crippen molar-refractivity contribution < 1.29 is 12.8 Å². The fraction of sp³-hybridized carbons (Fsp3) is 0.286. The number of benzene rings is 1. The molecule has 0 saturated carbocycles. The Balaban J connectivity index is 2.29. The molecule has 1 heterocycles. The number of nitrogens with zero attached hydrogens (tertiary/aromatic N) is 1. The van der Waals surface area contributed by atoms with Crippen molar-refractivity contribution in [1.82, 2.24) is 5.32 Å². The summed E-state index contributed by atoms with van der Waals surface area (Å²) in [5.74, 6) is -0.562. The van der Waals surface area contributed by atoms with Gasteiger partial charge in [-0.3, -0.25) is 4.31 Å². The van der Waals surface area contributed by atoms with Crippen molar-refractivity contribution >= 4 is 27.0 Å². The van der Waals surface area contributed by atoms with Gasteiger partial charge in [-0.25, -0.2) is 12.8 Å². The second kappa shape index (κ2) is 6.55. The maximum Gasteiger partial charge on any atom is 0.273 e. The summed E-state index contributed by atoms with van der Waals surface area (Å²) in [7, 11) is -2.38. The van der Waals surface area contributed by atoms with Crippen LogP contribution in [0.25, 0.3) is 0 Å². The van der Waals surface area contributed by atoms with E-state index in [4.69, 9.17) is 0 Å². The molecular weight excluding hydrogens is 311 g/mol. The molecule has 0 atom stereocenters. The van der Waals surface area contributed by atoms with Crippen LogP contribution in [0.1, 0.15) is 12.5 Å². The number of anilines is 1. The summed E-state index contributed by atoms with van der Waals surface area (Å²) in [5, 5.41) is 4.93. The van der Waals surface area contributed by atoms with Crippen molar-refractivity contribution in [2.75, 3.05) is 17.9 Å². The average Bonchev–Trinajstić information content (AvgIpc) is 2.94. The Morgan fingerprint density at radius 3 is 2.71 bits per heavy atom. The van der Waals surface area contributed by atoms with Gasteiger partial charge in [0.2, 0.25) is 0 Å². The number of nitrogens with one attached hydrogen (secondary N) is 1. The molecule has 0 saturated heterocycles. The first kappa shape index (κ1) is 15.9. The summed E-state index contributed by atoms with van der Waals surface area (Å²) in [6.07, 6.45) is 0. The quantitative estimate of drug-likeness (QED) is 0.887. The van der Waals surface area contributed by atoms with Crippen LogP contribution in [0.5, 0.6) is 0 Å². The zero-order valence-electron chi connectivity index (χ0n) is 11.8. The molecule has 7 heteroatoms. The van der Waals surface area contributed by atoms with Gasteiger partial charge >= 0.3 is 0 Å². The molecule has 0 aliphatic carbocycles. The van der Waals surface area contributed by atoms with Gasteiger partial charge in [0, 0.05) is 13.6 Å². The lowest BCUT2D eigenvalue weighted by atomic mass is 10.3. The highest BCUT2D eigenvalue weighted by atomic mass is 32.2. The minimum atomic E-state index is -3.73. The average molecular weight is 328 g/mol. The predicted octanol–water partition coefficient (Wildman–Crippen LogP) is 2.82. The lowest BCUT2D eigenvalue weighted by Gasteiger charge is -2.18. The second-order valence-electron chi connectivity index (χ2n) is 4.48. The summed E-state index contributed by atoms with van der Waals surface area (Å²) in [4.78, 5) is 0. The van der Waals surface area contributed by atoms with Crippen LogP contribution in [0.15, 0.2) is 39.9 Å². The summed E-state index contributed by atoms with van der Waals surface area (Å²) in [6.45, 7) is 3.41. The molecule has 1 aromatic carbocycles. The van der Waals surface area contributed by atoms with Crippen LogP contribution in [-0.2, 0) is 16.6 Å². The maximum atomic E-state index is 13.7. The van der Waals surface area contributed by atoms with Gasteiger partial charge in [-0.05, 0) is 35.7 Å². The summed E-state index contributed by atoms with van der Waals surface area (Å²) in [5.41, 5.74) is 0.946. The first-order valence-corrected chi connectivity index (χ1v) is 8.80. The molecule has 0 unspecified atom stereocenters. The largest absolute Gasteiger partial charge is 0.313 e. The van der Waals surface area contributed by atoms with Gasteiger partial charge in [0.05, 0.1) is 5.69 Å². The smallest absolute Gasteiger partial charge is 0.273 e. The first-order chi connectivity index (χ1) is 9.96. The molecule has 114 valence electrons. The van der Waals surface area contributed by atoms with E-state index in [9.17, 15) is 12.8 Å². The monoisotopic (exact) mass is 328 g/mol. The minimum Gasteiger partial charge on any atom is -0.313 e. The lowest BCUT2D eigenvalue weighted by molar-refractivity contribution is 0.591. The van der Waals surface area contributed by atoms with E-state index in [-0.39, 0.29) is 9.90 Å². The molecule has 21 heavy (non-hydrogen) atoms. The second-order valence-corrected chi connectivity index (χ2v) is 7.59. The Kier molecular flexibility index (Phi) is 4.97. The highest BCUT2D eigenvalue weighted by Crippen LogP contribution is 2.28. The summed E-state index contributed by atoms with van der Waals surface area (Å²) < 4.78 is 40.0. The van der Waals surface area contributed by atoms with Gasteiger partial charge in [-0.15, -0.1) is 11.3 Å². The van der Waals surface area contributed by atoms with Crippen LogP contribution in [0.2, 0.25) is 0 Å². The zero-order chi connectivity index (χ0) is 15.5. The van der Waals surface area contributed by atoms with E-state index in [0.717, 1.165) is 27.8 Å². The fourth-order valence-corrected chi connectivity index (χ4v) is 4.40. The van der Waals surface area contributed by atoms with Crippen LogP contribution in [0.3, 0.4) is 0 Å². The molecule has 0 amide bonds. The van der Waals surface area contributed by atoms with Gasteiger partial charge in [0.1, 0.15) is 10.0 Å².